The molecule has 0 saturated carbocycles. The Morgan fingerprint density at radius 1 is 1.59 bits per heavy atom. The number of hydrogen-bond donors (Lipinski definition) is 1. The fourth-order valence-electron chi connectivity index (χ4n) is 1.24. The Morgan fingerprint density at radius 3 is 2.71 bits per heavy atom. The van der Waals surface area contributed by atoms with Crippen molar-refractivity contribution in [3.63, 3.8) is 0 Å². The summed E-state index contributed by atoms with van der Waals surface area (Å²) in [5.41, 5.74) is -0.797. The molecule has 0 aliphatic carbocycles. The van der Waals surface area contributed by atoms with Crippen molar-refractivity contribution in [2.45, 2.75) is 25.9 Å². The molecule has 1 aromatic carbocycles. The lowest BCUT2D eigenvalue weighted by Gasteiger charge is -2.25. The molecule has 0 fully saturated rings. The van der Waals surface area contributed by atoms with Crippen molar-refractivity contribution in [3.8, 4) is 0 Å². The maximum Gasteiger partial charge on any atom is 0.256 e. The molecule has 1 aromatic rings. The summed E-state index contributed by atoms with van der Waals surface area (Å²) >= 11 is 3.15. The van der Waals surface area contributed by atoms with Gasteiger partial charge >= 0.3 is 0 Å². The summed E-state index contributed by atoms with van der Waals surface area (Å²) in [6.07, 6.45) is 0.507. The third kappa shape index (κ3) is 3.26. The van der Waals surface area contributed by atoms with Gasteiger partial charge < -0.3 is 10.1 Å². The lowest BCUT2D eigenvalue weighted by atomic mass is 10.0. The van der Waals surface area contributed by atoms with Crippen molar-refractivity contribution in [2.75, 3.05) is 12.4 Å². The van der Waals surface area contributed by atoms with E-state index in [0.29, 0.717) is 10.9 Å². The minimum absolute atomic E-state index is 0.148. The van der Waals surface area contributed by atoms with E-state index in [-0.39, 0.29) is 11.6 Å². The molecule has 1 N–H and O–H groups in total. The van der Waals surface area contributed by atoms with Crippen LogP contribution in [0.5, 0.6) is 0 Å². The molecule has 0 radical (unpaired) electrons. The van der Waals surface area contributed by atoms with E-state index < -0.39 is 11.4 Å². The number of nitrogens with one attached hydrogen (secondary N) is 1. The highest BCUT2D eigenvalue weighted by Gasteiger charge is 2.31. The monoisotopic (exact) mass is 303 g/mol. The molecule has 5 heteroatoms. The maximum absolute atomic E-state index is 13.5. The summed E-state index contributed by atoms with van der Waals surface area (Å²) in [6, 6.07) is 4.46. The van der Waals surface area contributed by atoms with E-state index in [0.717, 1.165) is 0 Å². The predicted molar refractivity (Wildman–Crippen MR) is 68.4 cm³/mol. The van der Waals surface area contributed by atoms with Gasteiger partial charge in [0.2, 0.25) is 0 Å². The van der Waals surface area contributed by atoms with E-state index in [1.807, 2.05) is 6.92 Å². The Kier molecular flexibility index (Phi) is 4.65. The highest BCUT2D eigenvalue weighted by molar-refractivity contribution is 9.10. The number of carbonyl (C=O) groups excluding carboxylic acids is 1. The summed E-state index contributed by atoms with van der Waals surface area (Å²) < 4.78 is 19.3. The molecule has 0 heterocycles. The SMILES string of the molecule is CCC(C)(OC)C(=O)Nc1ccc(Br)cc1F. The second kappa shape index (κ2) is 5.60. The number of methoxy groups -OCH3 is 1. The van der Waals surface area contributed by atoms with Crippen molar-refractivity contribution < 1.29 is 13.9 Å². The van der Waals surface area contributed by atoms with Crippen molar-refractivity contribution in [1.82, 2.24) is 0 Å². The van der Waals surface area contributed by atoms with Crippen LogP contribution in [0.15, 0.2) is 22.7 Å². The lowest BCUT2D eigenvalue weighted by Crippen LogP contribution is -2.41. The molecule has 94 valence electrons. The molecule has 0 bridgehead atoms. The maximum atomic E-state index is 13.5. The van der Waals surface area contributed by atoms with Crippen LogP contribution in [0.25, 0.3) is 0 Å². The van der Waals surface area contributed by atoms with Crippen molar-refractivity contribution >= 4 is 27.5 Å². The van der Waals surface area contributed by atoms with Crippen molar-refractivity contribution in [2.24, 2.45) is 0 Å². The third-order valence-corrected chi connectivity index (χ3v) is 3.28. The summed E-state index contributed by atoms with van der Waals surface area (Å²) in [6.45, 7) is 3.50. The van der Waals surface area contributed by atoms with Gasteiger partial charge in [-0.05, 0) is 31.5 Å². The molecule has 0 aromatic heterocycles. The Morgan fingerprint density at radius 2 is 2.24 bits per heavy atom. The van der Waals surface area contributed by atoms with Gasteiger partial charge in [0.1, 0.15) is 11.4 Å². The number of carbonyl (C=O) groups is 1. The molecule has 1 amide bonds. The zero-order valence-corrected chi connectivity index (χ0v) is 11.6. The van der Waals surface area contributed by atoms with Crippen LogP contribution in [-0.4, -0.2) is 18.6 Å². The first-order valence-electron chi connectivity index (χ1n) is 5.24. The Hall–Kier alpha value is -0.940. The van der Waals surface area contributed by atoms with Crippen LogP contribution in [0.3, 0.4) is 0 Å². The number of anilines is 1. The largest absolute Gasteiger partial charge is 0.369 e. The van der Waals surface area contributed by atoms with Gasteiger partial charge in [-0.15, -0.1) is 0 Å². The van der Waals surface area contributed by atoms with Crippen LogP contribution in [0.1, 0.15) is 20.3 Å². The predicted octanol–water partition coefficient (Wildman–Crippen LogP) is 3.34. The first kappa shape index (κ1) is 14.1. The number of amides is 1. The first-order valence-corrected chi connectivity index (χ1v) is 6.04. The van der Waals surface area contributed by atoms with Crippen LogP contribution in [0, 0.1) is 5.82 Å². The first-order chi connectivity index (χ1) is 7.92. The van der Waals surface area contributed by atoms with Crippen molar-refractivity contribution in [3.05, 3.63) is 28.5 Å². The molecule has 0 spiro atoms. The lowest BCUT2D eigenvalue weighted by molar-refractivity contribution is -0.136. The van der Waals surface area contributed by atoms with E-state index in [4.69, 9.17) is 4.74 Å². The summed E-state index contributed by atoms with van der Waals surface area (Å²) in [5, 5.41) is 2.52. The van der Waals surface area contributed by atoms with Gasteiger partial charge in [0, 0.05) is 11.6 Å². The Bertz CT molecular complexity index is 419. The molecule has 1 atom stereocenters. The third-order valence-electron chi connectivity index (χ3n) is 2.78. The minimum atomic E-state index is -0.945. The van der Waals surface area contributed by atoms with E-state index in [2.05, 4.69) is 21.2 Å². The summed E-state index contributed by atoms with van der Waals surface area (Å²) in [5.74, 6) is -0.842. The van der Waals surface area contributed by atoms with E-state index in [1.54, 1.807) is 13.0 Å². The number of hydrogen-bond acceptors (Lipinski definition) is 2. The Balaban J connectivity index is 2.88. The second-order valence-corrected chi connectivity index (χ2v) is 4.78. The number of ether oxygens (including phenoxy) is 1. The average molecular weight is 304 g/mol. The van der Waals surface area contributed by atoms with Gasteiger partial charge in [0.05, 0.1) is 5.69 Å². The molecule has 3 nitrogen and oxygen atoms in total. The second-order valence-electron chi connectivity index (χ2n) is 3.87. The van der Waals surface area contributed by atoms with Crippen LogP contribution < -0.4 is 5.32 Å². The van der Waals surface area contributed by atoms with Gasteiger partial charge in [0.15, 0.2) is 0 Å². The van der Waals surface area contributed by atoms with Gasteiger partial charge in [0.25, 0.3) is 5.91 Å². The van der Waals surface area contributed by atoms with E-state index in [1.165, 1.54) is 19.2 Å². The molecular weight excluding hydrogens is 289 g/mol. The van der Waals surface area contributed by atoms with E-state index >= 15 is 0 Å². The highest BCUT2D eigenvalue weighted by Crippen LogP contribution is 2.22. The summed E-state index contributed by atoms with van der Waals surface area (Å²) in [4.78, 5) is 11.9. The minimum Gasteiger partial charge on any atom is -0.369 e. The zero-order valence-electron chi connectivity index (χ0n) is 10.0. The molecule has 0 aliphatic rings. The summed E-state index contributed by atoms with van der Waals surface area (Å²) in [7, 11) is 1.46. The highest BCUT2D eigenvalue weighted by atomic mass is 79.9. The van der Waals surface area contributed by atoms with Gasteiger partial charge in [-0.1, -0.05) is 22.9 Å². The number of halogens is 2. The van der Waals surface area contributed by atoms with Gasteiger partial charge in [-0.3, -0.25) is 4.79 Å². The molecule has 0 saturated heterocycles. The molecule has 1 rings (SSSR count). The Labute approximate surface area is 108 Å². The molecule has 1 unspecified atom stereocenters. The van der Waals surface area contributed by atoms with E-state index in [9.17, 15) is 9.18 Å². The fraction of sp³-hybridized carbons (Fsp3) is 0.417. The molecule has 17 heavy (non-hydrogen) atoms. The zero-order chi connectivity index (χ0) is 13.1. The standard InChI is InChI=1S/C12H15BrFNO2/c1-4-12(2,17-3)11(16)15-10-6-5-8(13)7-9(10)14/h5-7H,4H2,1-3H3,(H,15,16). The fourth-order valence-corrected chi connectivity index (χ4v) is 1.58. The van der Waals surface area contributed by atoms with Crippen molar-refractivity contribution in [1.29, 1.82) is 0 Å². The quantitative estimate of drug-likeness (QED) is 0.926. The molecular formula is C12H15BrFNO2. The van der Waals surface area contributed by atoms with Crippen LogP contribution in [0.4, 0.5) is 10.1 Å². The smallest absolute Gasteiger partial charge is 0.256 e. The van der Waals surface area contributed by atoms with Crippen LogP contribution in [0.2, 0.25) is 0 Å². The van der Waals surface area contributed by atoms with Crippen LogP contribution in [-0.2, 0) is 9.53 Å². The molecule has 0 aliphatic heterocycles. The average Bonchev–Trinajstić information content (AvgIpc) is 2.31. The normalized spacial score (nSPS) is 14.2. The van der Waals surface area contributed by atoms with Gasteiger partial charge in [-0.25, -0.2) is 4.39 Å². The topological polar surface area (TPSA) is 38.3 Å². The number of rotatable bonds is 4. The van der Waals surface area contributed by atoms with Gasteiger partial charge in [-0.2, -0.15) is 0 Å². The van der Waals surface area contributed by atoms with Crippen LogP contribution >= 0.6 is 15.9 Å². The number of benzene rings is 1.